The number of methoxy groups -OCH3 is 1. The van der Waals surface area contributed by atoms with Gasteiger partial charge in [-0.15, -0.1) is 0 Å². The molecule has 134 valence electrons. The average molecular weight is 346 g/mol. The smallest absolute Gasteiger partial charge is 0.352 e. The first-order valence-electron chi connectivity index (χ1n) is 8.14. The quantitative estimate of drug-likeness (QED) is 0.448. The Morgan fingerprint density at radius 3 is 2.40 bits per heavy atom. The van der Waals surface area contributed by atoms with Crippen molar-refractivity contribution in [1.82, 2.24) is 0 Å². The van der Waals surface area contributed by atoms with Gasteiger partial charge in [-0.25, -0.2) is 4.79 Å². The molecule has 25 heavy (non-hydrogen) atoms. The van der Waals surface area contributed by atoms with Crippen molar-refractivity contribution in [2.24, 2.45) is 5.92 Å². The van der Waals surface area contributed by atoms with Crippen LogP contribution in [0.4, 0.5) is 0 Å². The van der Waals surface area contributed by atoms with Crippen LogP contribution in [-0.4, -0.2) is 31.1 Å². The van der Waals surface area contributed by atoms with E-state index in [0.29, 0.717) is 18.4 Å². The third-order valence-electron chi connectivity index (χ3n) is 4.09. The Balaban J connectivity index is 2.14. The molecule has 0 radical (unpaired) electrons. The molecule has 3 atom stereocenters. The van der Waals surface area contributed by atoms with Gasteiger partial charge in [-0.2, -0.15) is 0 Å². The fourth-order valence-corrected chi connectivity index (χ4v) is 2.84. The first-order valence-corrected chi connectivity index (χ1v) is 8.14. The van der Waals surface area contributed by atoms with E-state index in [0.717, 1.165) is 5.57 Å². The molecule has 1 aliphatic rings. The van der Waals surface area contributed by atoms with Crippen LogP contribution in [0.3, 0.4) is 0 Å². The highest BCUT2D eigenvalue weighted by atomic mass is 16.6. The minimum Gasteiger partial charge on any atom is -0.469 e. The summed E-state index contributed by atoms with van der Waals surface area (Å²) in [5, 5.41) is 0. The first-order chi connectivity index (χ1) is 11.9. The lowest BCUT2D eigenvalue weighted by molar-refractivity contribution is -0.170. The van der Waals surface area contributed by atoms with Gasteiger partial charge in [-0.05, 0) is 25.3 Å². The highest BCUT2D eigenvalue weighted by Gasteiger charge is 2.34. The summed E-state index contributed by atoms with van der Waals surface area (Å²) >= 11 is 0. The van der Waals surface area contributed by atoms with Gasteiger partial charge in [0.2, 0.25) is 6.10 Å². The van der Waals surface area contributed by atoms with Crippen molar-refractivity contribution in [2.45, 2.75) is 38.9 Å². The van der Waals surface area contributed by atoms with Gasteiger partial charge < -0.3 is 14.2 Å². The number of rotatable bonds is 6. The Kier molecular flexibility index (Phi) is 6.33. The van der Waals surface area contributed by atoms with Gasteiger partial charge in [-0.1, -0.05) is 36.4 Å². The van der Waals surface area contributed by atoms with E-state index in [1.807, 2.05) is 6.08 Å². The SMILES string of the molecule is COC(=O)C(C)C1=CCC[C@@H]1OC(=O)[C@H](OC(C)=O)c1ccccc1. The van der Waals surface area contributed by atoms with Crippen molar-refractivity contribution < 1.29 is 28.6 Å². The maximum Gasteiger partial charge on any atom is 0.352 e. The molecule has 6 heteroatoms. The van der Waals surface area contributed by atoms with Crippen LogP contribution >= 0.6 is 0 Å². The van der Waals surface area contributed by atoms with Crippen LogP contribution in [0.5, 0.6) is 0 Å². The van der Waals surface area contributed by atoms with Gasteiger partial charge in [0, 0.05) is 12.5 Å². The summed E-state index contributed by atoms with van der Waals surface area (Å²) < 4.78 is 15.5. The summed E-state index contributed by atoms with van der Waals surface area (Å²) in [5.41, 5.74) is 1.25. The Hall–Kier alpha value is -2.63. The molecule has 0 saturated heterocycles. The van der Waals surface area contributed by atoms with Crippen molar-refractivity contribution in [1.29, 1.82) is 0 Å². The molecule has 2 rings (SSSR count). The normalized spacial score (nSPS) is 18.7. The maximum atomic E-state index is 12.6. The molecule has 1 aliphatic carbocycles. The predicted molar refractivity (Wildman–Crippen MR) is 89.3 cm³/mol. The highest BCUT2D eigenvalue weighted by molar-refractivity contribution is 5.81. The standard InChI is InChI=1S/C19H22O6/c1-12(18(21)23-3)15-10-7-11-16(15)25-19(22)17(24-13(2)20)14-8-5-4-6-9-14/h4-6,8-10,12,16-17H,7,11H2,1-3H3/t12?,16-,17+/m0/s1. The molecular formula is C19H22O6. The van der Waals surface area contributed by atoms with Crippen LogP contribution < -0.4 is 0 Å². The largest absolute Gasteiger partial charge is 0.469 e. The summed E-state index contributed by atoms with van der Waals surface area (Å²) in [6.07, 6.45) is 1.53. The number of hydrogen-bond donors (Lipinski definition) is 0. The summed E-state index contributed by atoms with van der Waals surface area (Å²) in [6.45, 7) is 2.95. The molecule has 0 heterocycles. The van der Waals surface area contributed by atoms with Crippen LogP contribution in [0.25, 0.3) is 0 Å². The van der Waals surface area contributed by atoms with E-state index in [1.165, 1.54) is 14.0 Å². The van der Waals surface area contributed by atoms with E-state index in [-0.39, 0.29) is 5.97 Å². The fraction of sp³-hybridized carbons (Fsp3) is 0.421. The van der Waals surface area contributed by atoms with E-state index in [1.54, 1.807) is 37.3 Å². The molecule has 0 amide bonds. The van der Waals surface area contributed by atoms with Gasteiger partial charge in [0.25, 0.3) is 0 Å². The number of ether oxygens (including phenoxy) is 3. The Bertz CT molecular complexity index is 664. The lowest BCUT2D eigenvalue weighted by atomic mass is 9.98. The summed E-state index contributed by atoms with van der Waals surface area (Å²) in [6, 6.07) is 8.68. The second-order valence-corrected chi connectivity index (χ2v) is 5.85. The lowest BCUT2D eigenvalue weighted by Gasteiger charge is -2.23. The Labute approximate surface area is 146 Å². The monoisotopic (exact) mass is 346 g/mol. The van der Waals surface area contributed by atoms with Crippen molar-refractivity contribution in [2.75, 3.05) is 7.11 Å². The van der Waals surface area contributed by atoms with E-state index in [4.69, 9.17) is 14.2 Å². The predicted octanol–water partition coefficient (Wildman–Crippen LogP) is 2.73. The zero-order valence-electron chi connectivity index (χ0n) is 14.6. The molecule has 0 bridgehead atoms. The molecular weight excluding hydrogens is 324 g/mol. The van der Waals surface area contributed by atoms with E-state index in [9.17, 15) is 14.4 Å². The zero-order valence-corrected chi connectivity index (χ0v) is 14.6. The fourth-order valence-electron chi connectivity index (χ4n) is 2.84. The lowest BCUT2D eigenvalue weighted by Crippen LogP contribution is -2.29. The highest BCUT2D eigenvalue weighted by Crippen LogP contribution is 2.31. The third kappa shape index (κ3) is 4.68. The number of carbonyl (C=O) groups is 3. The Morgan fingerprint density at radius 2 is 1.80 bits per heavy atom. The van der Waals surface area contributed by atoms with Gasteiger partial charge in [0.1, 0.15) is 6.10 Å². The van der Waals surface area contributed by atoms with Crippen molar-refractivity contribution >= 4 is 17.9 Å². The average Bonchev–Trinajstić information content (AvgIpc) is 3.06. The molecule has 0 saturated carbocycles. The number of allylic oxidation sites excluding steroid dienone is 1. The molecule has 1 unspecified atom stereocenters. The maximum absolute atomic E-state index is 12.6. The zero-order chi connectivity index (χ0) is 18.4. The number of benzene rings is 1. The minimum absolute atomic E-state index is 0.381. The van der Waals surface area contributed by atoms with Gasteiger partial charge >= 0.3 is 17.9 Å². The summed E-state index contributed by atoms with van der Waals surface area (Å²) in [4.78, 5) is 35.7. The number of carbonyl (C=O) groups excluding carboxylic acids is 3. The molecule has 0 spiro atoms. The molecule has 0 aromatic heterocycles. The van der Waals surface area contributed by atoms with Gasteiger partial charge in [0.05, 0.1) is 13.0 Å². The molecule has 0 aliphatic heterocycles. The van der Waals surface area contributed by atoms with Crippen molar-refractivity contribution in [3.05, 3.63) is 47.5 Å². The topological polar surface area (TPSA) is 78.9 Å². The number of hydrogen-bond acceptors (Lipinski definition) is 6. The Morgan fingerprint density at radius 1 is 1.12 bits per heavy atom. The van der Waals surface area contributed by atoms with Crippen molar-refractivity contribution in [3.63, 3.8) is 0 Å². The van der Waals surface area contributed by atoms with Gasteiger partial charge in [0.15, 0.2) is 0 Å². The van der Waals surface area contributed by atoms with E-state index < -0.39 is 30.1 Å². The van der Waals surface area contributed by atoms with E-state index in [2.05, 4.69) is 0 Å². The van der Waals surface area contributed by atoms with Crippen LogP contribution in [0.1, 0.15) is 38.4 Å². The summed E-state index contributed by atoms with van der Waals surface area (Å²) in [7, 11) is 1.32. The molecule has 0 N–H and O–H groups in total. The van der Waals surface area contributed by atoms with Crippen LogP contribution in [0.15, 0.2) is 42.0 Å². The molecule has 0 fully saturated rings. The van der Waals surface area contributed by atoms with Crippen molar-refractivity contribution in [3.8, 4) is 0 Å². The number of esters is 3. The van der Waals surface area contributed by atoms with Crippen LogP contribution in [0.2, 0.25) is 0 Å². The molecule has 6 nitrogen and oxygen atoms in total. The van der Waals surface area contributed by atoms with Gasteiger partial charge in [-0.3, -0.25) is 9.59 Å². The van der Waals surface area contributed by atoms with Crippen LogP contribution in [-0.2, 0) is 28.6 Å². The van der Waals surface area contributed by atoms with Crippen LogP contribution in [0, 0.1) is 5.92 Å². The van der Waals surface area contributed by atoms with E-state index >= 15 is 0 Å². The first kappa shape index (κ1) is 18.7. The molecule has 1 aromatic carbocycles. The molecule has 1 aromatic rings. The second kappa shape index (κ2) is 8.46. The third-order valence-corrected chi connectivity index (χ3v) is 4.09. The second-order valence-electron chi connectivity index (χ2n) is 5.85. The minimum atomic E-state index is -1.13. The summed E-state index contributed by atoms with van der Waals surface area (Å²) in [5.74, 6) is -2.10.